The van der Waals surface area contributed by atoms with Gasteiger partial charge in [0.2, 0.25) is 10.0 Å². The van der Waals surface area contributed by atoms with Gasteiger partial charge in [-0.2, -0.15) is 0 Å². The first-order chi connectivity index (χ1) is 17.8. The van der Waals surface area contributed by atoms with Gasteiger partial charge < -0.3 is 21.1 Å². The summed E-state index contributed by atoms with van der Waals surface area (Å²) in [6.07, 6.45) is 1.53. The zero-order chi connectivity index (χ0) is 26.3. The zero-order valence-electron chi connectivity index (χ0n) is 19.9. The van der Waals surface area contributed by atoms with E-state index in [1.165, 1.54) is 23.5 Å². The van der Waals surface area contributed by atoms with E-state index in [2.05, 4.69) is 15.6 Å². The molecule has 4 rings (SSSR count). The van der Waals surface area contributed by atoms with E-state index < -0.39 is 10.0 Å². The molecule has 0 radical (unpaired) electrons. The number of ether oxygens (including phenoxy) is 1. The molecule has 192 valence electrons. The van der Waals surface area contributed by atoms with Crippen molar-refractivity contribution < 1.29 is 17.9 Å². The van der Waals surface area contributed by atoms with Gasteiger partial charge in [-0.1, -0.05) is 30.3 Å². The van der Waals surface area contributed by atoms with Crippen molar-refractivity contribution in [2.45, 2.75) is 24.3 Å². The van der Waals surface area contributed by atoms with Crippen LogP contribution in [-0.4, -0.2) is 25.9 Å². The fourth-order valence-electron chi connectivity index (χ4n) is 3.50. The first-order valence-electron chi connectivity index (χ1n) is 11.5. The van der Waals surface area contributed by atoms with Gasteiger partial charge in [0.05, 0.1) is 17.0 Å². The molecule has 6 N–H and O–H groups in total. The van der Waals surface area contributed by atoms with Gasteiger partial charge in [-0.3, -0.25) is 4.79 Å². The number of nitrogens with zero attached hydrogens (tertiary/aromatic N) is 1. The van der Waals surface area contributed by atoms with Crippen LogP contribution in [0.15, 0.2) is 83.8 Å². The molecule has 9 nitrogen and oxygen atoms in total. The number of aromatic nitrogens is 1. The molecule has 37 heavy (non-hydrogen) atoms. The Labute approximate surface area is 219 Å². The predicted molar refractivity (Wildman–Crippen MR) is 145 cm³/mol. The monoisotopic (exact) mass is 537 g/mol. The van der Waals surface area contributed by atoms with Crippen molar-refractivity contribution >= 4 is 38.9 Å². The third-order valence-electron chi connectivity index (χ3n) is 5.39. The SMILES string of the molecule is Nc1nc(NCCCc2ccc(S(N)(=O)=O)cc2)ccc1C(=O)NCc1ccc(Oc2ccccc2)s1. The number of rotatable bonds is 11. The molecule has 4 aromatic rings. The summed E-state index contributed by atoms with van der Waals surface area (Å²) in [5.74, 6) is 1.16. The Balaban J connectivity index is 1.23. The minimum Gasteiger partial charge on any atom is -0.447 e. The highest BCUT2D eigenvalue weighted by molar-refractivity contribution is 7.89. The Morgan fingerprint density at radius 1 is 0.973 bits per heavy atom. The molecule has 0 spiro atoms. The maximum absolute atomic E-state index is 12.6. The summed E-state index contributed by atoms with van der Waals surface area (Å²) < 4.78 is 28.5. The highest BCUT2D eigenvalue weighted by atomic mass is 32.2. The number of carbonyl (C=O) groups is 1. The van der Waals surface area contributed by atoms with Crippen LogP contribution in [0.25, 0.3) is 0 Å². The number of hydrogen-bond donors (Lipinski definition) is 4. The van der Waals surface area contributed by atoms with Crippen LogP contribution in [0.5, 0.6) is 10.8 Å². The van der Waals surface area contributed by atoms with Gasteiger partial charge >= 0.3 is 0 Å². The Morgan fingerprint density at radius 3 is 2.43 bits per heavy atom. The number of carbonyl (C=O) groups excluding carboxylic acids is 1. The number of aryl methyl sites for hydroxylation is 1. The third kappa shape index (κ3) is 7.53. The number of para-hydroxylation sites is 1. The second-order valence-corrected chi connectivity index (χ2v) is 10.9. The average molecular weight is 538 g/mol. The van der Waals surface area contributed by atoms with Gasteiger partial charge in [-0.25, -0.2) is 18.5 Å². The van der Waals surface area contributed by atoms with Crippen molar-refractivity contribution in [2.24, 2.45) is 5.14 Å². The highest BCUT2D eigenvalue weighted by Gasteiger charge is 2.12. The van der Waals surface area contributed by atoms with Crippen molar-refractivity contribution in [3.05, 3.63) is 94.9 Å². The third-order valence-corrected chi connectivity index (χ3v) is 7.28. The number of thiophene rings is 1. The lowest BCUT2D eigenvalue weighted by atomic mass is 10.1. The van der Waals surface area contributed by atoms with Gasteiger partial charge in [0.15, 0.2) is 5.06 Å². The number of benzene rings is 2. The van der Waals surface area contributed by atoms with Gasteiger partial charge in [-0.05, 0) is 66.9 Å². The topological polar surface area (TPSA) is 149 Å². The van der Waals surface area contributed by atoms with Crippen molar-refractivity contribution in [2.75, 3.05) is 17.6 Å². The largest absolute Gasteiger partial charge is 0.447 e. The van der Waals surface area contributed by atoms with Crippen LogP contribution in [-0.2, 0) is 23.0 Å². The summed E-state index contributed by atoms with van der Waals surface area (Å²) in [5.41, 5.74) is 7.34. The lowest BCUT2D eigenvalue weighted by Crippen LogP contribution is -2.24. The molecular formula is C26H27N5O4S2. The van der Waals surface area contributed by atoms with Crippen LogP contribution in [0.2, 0.25) is 0 Å². The number of nitrogen functional groups attached to an aromatic ring is 1. The predicted octanol–water partition coefficient (Wildman–Crippen LogP) is 4.14. The quantitative estimate of drug-likeness (QED) is 0.210. The number of nitrogens with one attached hydrogen (secondary N) is 2. The number of nitrogens with two attached hydrogens (primary N) is 2. The molecule has 2 aromatic heterocycles. The van der Waals surface area contributed by atoms with Crippen molar-refractivity contribution in [1.82, 2.24) is 10.3 Å². The molecule has 0 aliphatic carbocycles. The molecule has 0 aliphatic rings. The van der Waals surface area contributed by atoms with E-state index in [0.29, 0.717) is 24.5 Å². The summed E-state index contributed by atoms with van der Waals surface area (Å²) in [5, 5.41) is 11.9. The number of pyridine rings is 1. The fraction of sp³-hybridized carbons (Fsp3) is 0.154. The van der Waals surface area contributed by atoms with Gasteiger partial charge in [-0.15, -0.1) is 11.3 Å². The van der Waals surface area contributed by atoms with E-state index in [9.17, 15) is 13.2 Å². The molecule has 2 heterocycles. The molecular weight excluding hydrogens is 510 g/mol. The summed E-state index contributed by atoms with van der Waals surface area (Å²) in [4.78, 5) is 18.0. The number of amides is 1. The van der Waals surface area contributed by atoms with Crippen molar-refractivity contribution in [1.29, 1.82) is 0 Å². The molecule has 0 saturated heterocycles. The summed E-state index contributed by atoms with van der Waals surface area (Å²) >= 11 is 1.46. The lowest BCUT2D eigenvalue weighted by molar-refractivity contribution is 0.0952. The van der Waals surface area contributed by atoms with Crippen molar-refractivity contribution in [3.8, 4) is 10.8 Å². The molecule has 0 fully saturated rings. The number of primary sulfonamides is 1. The standard InChI is InChI=1S/C26H27N5O4S2/c27-25-22(26(32)30-17-20-10-15-24(36-20)35-19-6-2-1-3-7-19)13-14-23(31-25)29-16-4-5-18-8-11-21(12-9-18)37(28,33)34/h1-3,6-15H,4-5,16-17H2,(H,30,32)(H3,27,29,31)(H2,28,33,34). The maximum atomic E-state index is 12.6. The second-order valence-electron chi connectivity index (χ2n) is 8.17. The van der Waals surface area contributed by atoms with E-state index in [1.54, 1.807) is 24.3 Å². The molecule has 1 amide bonds. The number of hydrogen-bond acceptors (Lipinski definition) is 8. The van der Waals surface area contributed by atoms with Crippen LogP contribution >= 0.6 is 11.3 Å². The molecule has 0 atom stereocenters. The number of anilines is 2. The van der Waals surface area contributed by atoms with E-state index in [4.69, 9.17) is 15.6 Å². The first kappa shape index (κ1) is 26.1. The Bertz CT molecular complexity index is 1460. The van der Waals surface area contributed by atoms with Crippen LogP contribution in [0.1, 0.15) is 27.2 Å². The first-order valence-corrected chi connectivity index (χ1v) is 13.9. The number of sulfonamides is 1. The maximum Gasteiger partial charge on any atom is 0.255 e. The molecule has 0 saturated carbocycles. The van der Waals surface area contributed by atoms with Crippen LogP contribution in [0.4, 0.5) is 11.6 Å². The van der Waals surface area contributed by atoms with Gasteiger partial charge in [0.1, 0.15) is 17.4 Å². The Morgan fingerprint density at radius 2 is 1.73 bits per heavy atom. The van der Waals surface area contributed by atoms with E-state index in [-0.39, 0.29) is 16.6 Å². The van der Waals surface area contributed by atoms with Crippen molar-refractivity contribution in [3.63, 3.8) is 0 Å². The molecule has 0 unspecified atom stereocenters. The average Bonchev–Trinajstić information content (AvgIpc) is 3.33. The van der Waals surface area contributed by atoms with Gasteiger partial charge in [0.25, 0.3) is 5.91 Å². The smallest absolute Gasteiger partial charge is 0.255 e. The minimum absolute atomic E-state index is 0.0930. The second kappa shape index (κ2) is 11.9. The molecule has 2 aromatic carbocycles. The van der Waals surface area contributed by atoms with E-state index in [1.807, 2.05) is 42.5 Å². The summed E-state index contributed by atoms with van der Waals surface area (Å²) in [6, 6.07) is 23.1. The normalized spacial score (nSPS) is 11.2. The van der Waals surface area contributed by atoms with E-state index >= 15 is 0 Å². The molecule has 0 aliphatic heterocycles. The molecule has 11 heteroatoms. The summed E-state index contributed by atoms with van der Waals surface area (Å²) in [6.45, 7) is 0.972. The molecule has 0 bridgehead atoms. The van der Waals surface area contributed by atoms with E-state index in [0.717, 1.165) is 34.1 Å². The minimum atomic E-state index is -3.69. The van der Waals surface area contributed by atoms with Gasteiger partial charge in [0, 0.05) is 11.4 Å². The Kier molecular flexibility index (Phi) is 8.39. The van der Waals surface area contributed by atoms with Crippen LogP contribution < -0.4 is 26.2 Å². The van der Waals surface area contributed by atoms with Crippen LogP contribution in [0, 0.1) is 0 Å². The fourth-order valence-corrected chi connectivity index (χ4v) is 4.82. The summed E-state index contributed by atoms with van der Waals surface area (Å²) in [7, 11) is -3.69. The zero-order valence-corrected chi connectivity index (χ0v) is 21.5. The highest BCUT2D eigenvalue weighted by Crippen LogP contribution is 2.29. The van der Waals surface area contributed by atoms with Crippen LogP contribution in [0.3, 0.4) is 0 Å². The lowest BCUT2D eigenvalue weighted by Gasteiger charge is -2.10. The Hall–Kier alpha value is -3.93.